The van der Waals surface area contributed by atoms with Gasteiger partial charge < -0.3 is 10.1 Å². The molecule has 6 heteroatoms. The quantitative estimate of drug-likeness (QED) is 0.461. The van der Waals surface area contributed by atoms with E-state index in [0.29, 0.717) is 21.2 Å². The van der Waals surface area contributed by atoms with Crippen molar-refractivity contribution in [3.05, 3.63) is 70.5 Å². The van der Waals surface area contributed by atoms with Crippen LogP contribution in [0.2, 0.25) is 0 Å². The molecule has 0 atom stereocenters. The molecule has 0 aromatic heterocycles. The van der Waals surface area contributed by atoms with Crippen LogP contribution in [0, 0.1) is 12.7 Å². The molecule has 0 fully saturated rings. The molecule has 1 aliphatic rings. The third kappa shape index (κ3) is 3.49. The fourth-order valence-corrected chi connectivity index (χ4v) is 3.38. The Morgan fingerprint density at radius 3 is 2.80 bits per heavy atom. The molecule has 25 heavy (non-hydrogen) atoms. The second-order valence-corrected chi connectivity index (χ2v) is 6.63. The number of fused-ring (bicyclic) bond motifs is 1. The van der Waals surface area contributed by atoms with Gasteiger partial charge in [0.1, 0.15) is 5.82 Å². The number of aryl methyl sites for hydroxylation is 1. The molecule has 1 heterocycles. The summed E-state index contributed by atoms with van der Waals surface area (Å²) in [6, 6.07) is 12.4. The molecule has 2 aromatic carbocycles. The van der Waals surface area contributed by atoms with Crippen molar-refractivity contribution in [1.82, 2.24) is 0 Å². The Kier molecular flexibility index (Phi) is 4.99. The molecule has 1 N–H and O–H groups in total. The predicted octanol–water partition coefficient (Wildman–Crippen LogP) is 4.64. The smallest absolute Gasteiger partial charge is 0.231 e. The van der Waals surface area contributed by atoms with Crippen molar-refractivity contribution in [3.63, 3.8) is 0 Å². The second kappa shape index (κ2) is 7.19. The summed E-state index contributed by atoms with van der Waals surface area (Å²) in [6.07, 6.45) is 1.33. The van der Waals surface area contributed by atoms with E-state index in [-0.39, 0.29) is 24.7 Å². The van der Waals surface area contributed by atoms with Crippen molar-refractivity contribution >= 4 is 38.2 Å². The third-order valence-electron chi connectivity index (χ3n) is 4.15. The average Bonchev–Trinajstić information content (AvgIpc) is 2.70. The van der Waals surface area contributed by atoms with E-state index >= 15 is 0 Å². The molecule has 1 amide bonds. The molecular weight excluding hydrogens is 387 g/mol. The van der Waals surface area contributed by atoms with Gasteiger partial charge in [-0.1, -0.05) is 35.5 Å². The Morgan fingerprint density at radius 1 is 1.32 bits per heavy atom. The molecular formula is C19H16BrFN2O2. The van der Waals surface area contributed by atoms with Crippen LogP contribution in [0.3, 0.4) is 0 Å². The van der Waals surface area contributed by atoms with Crippen molar-refractivity contribution in [2.45, 2.75) is 19.9 Å². The van der Waals surface area contributed by atoms with Crippen LogP contribution < -0.4 is 4.90 Å². The van der Waals surface area contributed by atoms with Gasteiger partial charge in [0.2, 0.25) is 5.91 Å². The molecule has 3 rings (SSSR count). The summed E-state index contributed by atoms with van der Waals surface area (Å²) in [7, 11) is 0. The standard InChI is InChI=1S/C19H16BrFN2O2/c1-12-6-7-13(8-16(12)21)11-23-17-5-3-2-4-15(17)19(20)14(10-22-25)9-18(23)24/h2-8,10,25H,9,11H2,1H3. The maximum Gasteiger partial charge on any atom is 0.231 e. The van der Waals surface area contributed by atoms with Gasteiger partial charge in [-0.15, -0.1) is 0 Å². The number of benzene rings is 2. The first kappa shape index (κ1) is 17.4. The number of rotatable bonds is 3. The Bertz CT molecular complexity index is 893. The molecule has 4 nitrogen and oxygen atoms in total. The van der Waals surface area contributed by atoms with Gasteiger partial charge in [-0.25, -0.2) is 4.39 Å². The number of halogens is 2. The van der Waals surface area contributed by atoms with Crippen LogP contribution in [0.25, 0.3) is 4.48 Å². The Morgan fingerprint density at radius 2 is 2.08 bits per heavy atom. The topological polar surface area (TPSA) is 52.9 Å². The summed E-state index contributed by atoms with van der Waals surface area (Å²) in [6.45, 7) is 1.96. The van der Waals surface area contributed by atoms with Crippen LogP contribution in [0.4, 0.5) is 10.1 Å². The lowest BCUT2D eigenvalue weighted by molar-refractivity contribution is -0.118. The SMILES string of the molecule is Cc1ccc(CN2C(=O)CC(C=NO)=C(Br)c3ccccc32)cc1F. The molecule has 0 radical (unpaired) electrons. The molecule has 0 aliphatic carbocycles. The maximum atomic E-state index is 13.9. The number of anilines is 1. The van der Waals surface area contributed by atoms with Gasteiger partial charge in [0.05, 0.1) is 24.9 Å². The molecule has 2 aromatic rings. The minimum Gasteiger partial charge on any atom is -0.411 e. The van der Waals surface area contributed by atoms with E-state index in [1.54, 1.807) is 17.9 Å². The summed E-state index contributed by atoms with van der Waals surface area (Å²) in [5.41, 5.74) is 3.40. The molecule has 0 saturated carbocycles. The number of oxime groups is 1. The highest BCUT2D eigenvalue weighted by Crippen LogP contribution is 2.38. The number of hydrogen-bond donors (Lipinski definition) is 1. The van der Waals surface area contributed by atoms with Crippen molar-refractivity contribution in [2.24, 2.45) is 5.16 Å². The van der Waals surface area contributed by atoms with Crippen molar-refractivity contribution in [1.29, 1.82) is 0 Å². The van der Waals surface area contributed by atoms with Crippen LogP contribution in [0.1, 0.15) is 23.1 Å². The normalized spacial score (nSPS) is 14.8. The Labute approximate surface area is 153 Å². The van der Waals surface area contributed by atoms with Gasteiger partial charge in [-0.2, -0.15) is 0 Å². The Hall–Kier alpha value is -2.47. The van der Waals surface area contributed by atoms with E-state index in [0.717, 1.165) is 11.3 Å². The molecule has 128 valence electrons. The largest absolute Gasteiger partial charge is 0.411 e. The van der Waals surface area contributed by atoms with Crippen LogP contribution >= 0.6 is 15.9 Å². The van der Waals surface area contributed by atoms with Gasteiger partial charge in [0, 0.05) is 10.0 Å². The van der Waals surface area contributed by atoms with Gasteiger partial charge in [-0.3, -0.25) is 4.79 Å². The summed E-state index contributed by atoms with van der Waals surface area (Å²) in [5.74, 6) is -0.446. The van der Waals surface area contributed by atoms with Crippen LogP contribution in [-0.4, -0.2) is 17.3 Å². The van der Waals surface area contributed by atoms with Gasteiger partial charge in [-0.05, 0) is 51.7 Å². The van der Waals surface area contributed by atoms with E-state index in [1.807, 2.05) is 30.3 Å². The van der Waals surface area contributed by atoms with Crippen molar-refractivity contribution in [2.75, 3.05) is 4.90 Å². The highest BCUT2D eigenvalue weighted by molar-refractivity contribution is 9.15. The number of hydrogen-bond acceptors (Lipinski definition) is 3. The van der Waals surface area contributed by atoms with Gasteiger partial charge in [0.25, 0.3) is 0 Å². The van der Waals surface area contributed by atoms with Crippen LogP contribution in [0.15, 0.2) is 53.2 Å². The molecule has 0 bridgehead atoms. The van der Waals surface area contributed by atoms with E-state index in [2.05, 4.69) is 21.1 Å². The van der Waals surface area contributed by atoms with Crippen LogP contribution in [0.5, 0.6) is 0 Å². The average molecular weight is 403 g/mol. The molecule has 0 spiro atoms. The first-order valence-corrected chi connectivity index (χ1v) is 8.51. The monoisotopic (exact) mass is 402 g/mol. The third-order valence-corrected chi connectivity index (χ3v) is 5.08. The summed E-state index contributed by atoms with van der Waals surface area (Å²) in [5, 5.41) is 11.9. The number of para-hydroxylation sites is 1. The first-order chi connectivity index (χ1) is 12.0. The zero-order valence-electron chi connectivity index (χ0n) is 13.5. The predicted molar refractivity (Wildman–Crippen MR) is 99.5 cm³/mol. The zero-order valence-corrected chi connectivity index (χ0v) is 15.1. The lowest BCUT2D eigenvalue weighted by Gasteiger charge is -2.23. The Balaban J connectivity index is 2.05. The fraction of sp³-hybridized carbons (Fsp3) is 0.158. The van der Waals surface area contributed by atoms with E-state index in [4.69, 9.17) is 5.21 Å². The maximum absolute atomic E-state index is 13.9. The minimum atomic E-state index is -0.291. The minimum absolute atomic E-state index is 0.0771. The molecule has 0 unspecified atom stereocenters. The van der Waals surface area contributed by atoms with Crippen molar-refractivity contribution < 1.29 is 14.4 Å². The molecule has 0 saturated heterocycles. The van der Waals surface area contributed by atoms with Gasteiger partial charge in [0.15, 0.2) is 0 Å². The summed E-state index contributed by atoms with van der Waals surface area (Å²) in [4.78, 5) is 14.4. The highest BCUT2D eigenvalue weighted by atomic mass is 79.9. The number of carbonyl (C=O) groups excluding carboxylic acids is 1. The highest BCUT2D eigenvalue weighted by Gasteiger charge is 2.26. The van der Waals surface area contributed by atoms with E-state index < -0.39 is 0 Å². The van der Waals surface area contributed by atoms with Gasteiger partial charge >= 0.3 is 0 Å². The molecule has 1 aliphatic heterocycles. The van der Waals surface area contributed by atoms with Crippen molar-refractivity contribution in [3.8, 4) is 0 Å². The lowest BCUT2D eigenvalue weighted by atomic mass is 10.1. The lowest BCUT2D eigenvalue weighted by Crippen LogP contribution is -2.30. The summed E-state index contributed by atoms with van der Waals surface area (Å²) >= 11 is 3.50. The first-order valence-electron chi connectivity index (χ1n) is 7.72. The number of nitrogens with zero attached hydrogens (tertiary/aromatic N) is 2. The van der Waals surface area contributed by atoms with E-state index in [9.17, 15) is 9.18 Å². The summed E-state index contributed by atoms with van der Waals surface area (Å²) < 4.78 is 14.6. The zero-order chi connectivity index (χ0) is 18.0. The van der Waals surface area contributed by atoms with E-state index in [1.165, 1.54) is 12.3 Å². The second-order valence-electron chi connectivity index (χ2n) is 5.84. The number of carbonyl (C=O) groups is 1. The number of amides is 1. The fourth-order valence-electron chi connectivity index (χ4n) is 2.80. The van der Waals surface area contributed by atoms with Crippen LogP contribution in [-0.2, 0) is 11.3 Å².